The van der Waals surface area contributed by atoms with Crippen LogP contribution in [0.25, 0.3) is 22.0 Å². The zero-order chi connectivity index (χ0) is 17.2. The van der Waals surface area contributed by atoms with E-state index in [0.717, 1.165) is 17.8 Å². The lowest BCUT2D eigenvalue weighted by atomic mass is 10.0. The van der Waals surface area contributed by atoms with Gasteiger partial charge >= 0.3 is 0 Å². The van der Waals surface area contributed by atoms with E-state index in [9.17, 15) is 0 Å². The summed E-state index contributed by atoms with van der Waals surface area (Å²) in [5.41, 5.74) is 6.05. The highest BCUT2D eigenvalue weighted by molar-refractivity contribution is 5.97. The monoisotopic (exact) mass is 329 g/mol. The molecular weight excluding hydrogens is 308 g/mol. The first-order chi connectivity index (χ1) is 12.2. The predicted molar refractivity (Wildman–Crippen MR) is 101 cm³/mol. The van der Waals surface area contributed by atoms with Gasteiger partial charge in [0.05, 0.1) is 7.11 Å². The van der Waals surface area contributed by atoms with Gasteiger partial charge < -0.3 is 9.72 Å². The molecule has 4 rings (SSSR count). The molecule has 1 N–H and O–H groups in total. The second-order valence-electron chi connectivity index (χ2n) is 6.28. The molecular formula is C22H21N2O+. The van der Waals surface area contributed by atoms with Crippen LogP contribution in [0.4, 0.5) is 0 Å². The molecule has 0 saturated heterocycles. The van der Waals surface area contributed by atoms with Gasteiger partial charge in [0.2, 0.25) is 0 Å². The van der Waals surface area contributed by atoms with Gasteiger partial charge in [-0.25, -0.2) is 4.57 Å². The number of benzene rings is 2. The minimum Gasteiger partial charge on any atom is -0.497 e. The molecule has 0 aliphatic rings. The van der Waals surface area contributed by atoms with Crippen molar-refractivity contribution in [2.24, 2.45) is 0 Å². The summed E-state index contributed by atoms with van der Waals surface area (Å²) in [5.74, 6) is 0.870. The Morgan fingerprint density at radius 2 is 1.72 bits per heavy atom. The van der Waals surface area contributed by atoms with Crippen molar-refractivity contribution in [3.63, 3.8) is 0 Å². The molecule has 3 nitrogen and oxygen atoms in total. The zero-order valence-corrected chi connectivity index (χ0v) is 14.5. The molecule has 0 unspecified atom stereocenters. The summed E-state index contributed by atoms with van der Waals surface area (Å²) >= 11 is 0. The molecule has 0 amide bonds. The van der Waals surface area contributed by atoms with E-state index >= 15 is 0 Å². The van der Waals surface area contributed by atoms with Crippen molar-refractivity contribution < 1.29 is 9.30 Å². The molecule has 0 fully saturated rings. The first-order valence-corrected chi connectivity index (χ1v) is 8.44. The number of nitrogens with zero attached hydrogens (tertiary/aromatic N) is 1. The summed E-state index contributed by atoms with van der Waals surface area (Å²) in [5, 5.41) is 1.22. The van der Waals surface area contributed by atoms with Gasteiger partial charge in [0, 0.05) is 45.9 Å². The third-order valence-corrected chi connectivity index (χ3v) is 4.58. The molecule has 4 aromatic rings. The number of nitrogens with one attached hydrogen (secondary N) is 1. The average molecular weight is 329 g/mol. The van der Waals surface area contributed by atoms with Crippen LogP contribution >= 0.6 is 0 Å². The Morgan fingerprint density at radius 3 is 2.44 bits per heavy atom. The maximum atomic E-state index is 5.33. The molecule has 0 spiro atoms. The van der Waals surface area contributed by atoms with Gasteiger partial charge in [-0.2, -0.15) is 0 Å². The Bertz CT molecular complexity index is 1000. The lowest BCUT2D eigenvalue weighted by molar-refractivity contribution is -0.688. The lowest BCUT2D eigenvalue weighted by Crippen LogP contribution is -2.32. The minimum absolute atomic E-state index is 0.870. The van der Waals surface area contributed by atoms with Crippen LogP contribution in [0.5, 0.6) is 5.75 Å². The quantitative estimate of drug-likeness (QED) is 0.549. The van der Waals surface area contributed by atoms with Gasteiger partial charge in [0.15, 0.2) is 18.9 Å². The Hall–Kier alpha value is -3.07. The molecule has 25 heavy (non-hydrogen) atoms. The van der Waals surface area contributed by atoms with E-state index < -0.39 is 0 Å². The second kappa shape index (κ2) is 6.44. The van der Waals surface area contributed by atoms with Crippen LogP contribution < -0.4 is 9.30 Å². The van der Waals surface area contributed by atoms with Crippen LogP contribution in [0.3, 0.4) is 0 Å². The largest absolute Gasteiger partial charge is 0.497 e. The number of aryl methyl sites for hydroxylation is 1. The van der Waals surface area contributed by atoms with Crippen molar-refractivity contribution in [1.29, 1.82) is 0 Å². The van der Waals surface area contributed by atoms with E-state index in [1.807, 2.05) is 18.2 Å². The third kappa shape index (κ3) is 3.01. The van der Waals surface area contributed by atoms with Crippen LogP contribution in [-0.4, -0.2) is 12.1 Å². The van der Waals surface area contributed by atoms with Crippen molar-refractivity contribution in [3.05, 3.63) is 84.3 Å². The standard InChI is InChI=1S/C22H20N2O/c1-16-22(20-9-8-19(25-2)14-21(20)23-16)18-10-12-24(13-11-18)15-17-6-4-3-5-7-17/h3-14H,15H2,1-2H3/p+1. The van der Waals surface area contributed by atoms with Gasteiger partial charge in [-0.1, -0.05) is 30.3 Å². The number of rotatable bonds is 4. The Labute approximate surface area is 147 Å². The normalized spacial score (nSPS) is 11.0. The van der Waals surface area contributed by atoms with E-state index in [4.69, 9.17) is 4.74 Å². The van der Waals surface area contributed by atoms with Crippen molar-refractivity contribution in [1.82, 2.24) is 4.98 Å². The van der Waals surface area contributed by atoms with E-state index in [-0.39, 0.29) is 0 Å². The van der Waals surface area contributed by atoms with Crippen molar-refractivity contribution in [2.75, 3.05) is 7.11 Å². The fourth-order valence-corrected chi connectivity index (χ4v) is 3.33. The van der Waals surface area contributed by atoms with Crippen LogP contribution in [0.1, 0.15) is 11.3 Å². The topological polar surface area (TPSA) is 28.9 Å². The molecule has 124 valence electrons. The van der Waals surface area contributed by atoms with Crippen LogP contribution in [0.2, 0.25) is 0 Å². The van der Waals surface area contributed by atoms with Gasteiger partial charge in [-0.3, -0.25) is 0 Å². The summed E-state index contributed by atoms with van der Waals surface area (Å²) in [6.07, 6.45) is 4.29. The molecule has 0 bridgehead atoms. The summed E-state index contributed by atoms with van der Waals surface area (Å²) in [4.78, 5) is 3.47. The number of pyridine rings is 1. The number of hydrogen-bond acceptors (Lipinski definition) is 1. The third-order valence-electron chi connectivity index (χ3n) is 4.58. The highest BCUT2D eigenvalue weighted by Crippen LogP contribution is 2.33. The van der Waals surface area contributed by atoms with E-state index in [2.05, 4.69) is 71.3 Å². The van der Waals surface area contributed by atoms with Gasteiger partial charge in [-0.05, 0) is 24.6 Å². The Kier molecular flexibility index (Phi) is 3.98. The number of ether oxygens (including phenoxy) is 1. The second-order valence-corrected chi connectivity index (χ2v) is 6.28. The van der Waals surface area contributed by atoms with Crippen LogP contribution in [0, 0.1) is 6.92 Å². The molecule has 2 heterocycles. The molecule has 0 radical (unpaired) electrons. The average Bonchev–Trinajstić information content (AvgIpc) is 2.98. The number of hydrogen-bond donors (Lipinski definition) is 1. The number of fused-ring (bicyclic) bond motifs is 1. The highest BCUT2D eigenvalue weighted by atomic mass is 16.5. The minimum atomic E-state index is 0.870. The number of aromatic nitrogens is 2. The van der Waals surface area contributed by atoms with Crippen LogP contribution in [0.15, 0.2) is 73.1 Å². The van der Waals surface area contributed by atoms with Gasteiger partial charge in [0.1, 0.15) is 5.75 Å². The van der Waals surface area contributed by atoms with Gasteiger partial charge in [-0.15, -0.1) is 0 Å². The first-order valence-electron chi connectivity index (χ1n) is 8.44. The van der Waals surface area contributed by atoms with E-state index in [1.165, 1.54) is 27.8 Å². The zero-order valence-electron chi connectivity index (χ0n) is 14.5. The van der Waals surface area contributed by atoms with E-state index in [1.54, 1.807) is 7.11 Å². The summed E-state index contributed by atoms with van der Waals surface area (Å²) in [6.45, 7) is 3.00. The van der Waals surface area contributed by atoms with Crippen molar-refractivity contribution in [2.45, 2.75) is 13.5 Å². The van der Waals surface area contributed by atoms with Crippen molar-refractivity contribution in [3.8, 4) is 16.9 Å². The molecule has 0 aliphatic heterocycles. The summed E-state index contributed by atoms with van der Waals surface area (Å²) in [7, 11) is 1.69. The van der Waals surface area contributed by atoms with Crippen LogP contribution in [-0.2, 0) is 6.54 Å². The highest BCUT2D eigenvalue weighted by Gasteiger charge is 2.13. The SMILES string of the molecule is COc1ccc2c(-c3cc[n+](Cc4ccccc4)cc3)c(C)[nH]c2c1. The van der Waals surface area contributed by atoms with E-state index in [0.29, 0.717) is 0 Å². The number of methoxy groups -OCH3 is 1. The molecule has 0 saturated carbocycles. The van der Waals surface area contributed by atoms with Crippen molar-refractivity contribution >= 4 is 10.9 Å². The smallest absolute Gasteiger partial charge is 0.173 e. The summed E-state index contributed by atoms with van der Waals surface area (Å²) in [6, 6.07) is 21.1. The summed E-state index contributed by atoms with van der Waals surface area (Å²) < 4.78 is 7.53. The molecule has 3 heteroatoms. The first kappa shape index (κ1) is 15.5. The fourth-order valence-electron chi connectivity index (χ4n) is 3.33. The fraction of sp³-hybridized carbons (Fsp3) is 0.136. The molecule has 0 atom stereocenters. The Balaban J connectivity index is 1.68. The predicted octanol–water partition coefficient (Wildman–Crippen LogP) is 4.49. The molecule has 2 aromatic heterocycles. The Morgan fingerprint density at radius 1 is 0.960 bits per heavy atom. The maximum Gasteiger partial charge on any atom is 0.173 e. The number of H-pyrrole nitrogens is 1. The number of aromatic amines is 1. The molecule has 0 aliphatic carbocycles. The molecule has 2 aromatic carbocycles. The van der Waals surface area contributed by atoms with Gasteiger partial charge in [0.25, 0.3) is 0 Å². The maximum absolute atomic E-state index is 5.33. The lowest BCUT2D eigenvalue weighted by Gasteiger charge is -2.03.